The standard InChI is InChI=1S/C20H20N4O2/c25-19-17-9-5-4-8-16(17)18(21-22-19)20(26)24-12-10-23(11-13-24)14-15-6-2-1-3-7-15/h1-9H,10-14H2,(H,22,25)/p+1. The monoisotopic (exact) mass is 349 g/mol. The van der Waals surface area contributed by atoms with Crippen LogP contribution in [0.5, 0.6) is 0 Å². The largest absolute Gasteiger partial charge is 0.328 e. The van der Waals surface area contributed by atoms with Crippen LogP contribution in [0, 0.1) is 0 Å². The van der Waals surface area contributed by atoms with Gasteiger partial charge in [0.1, 0.15) is 6.54 Å². The summed E-state index contributed by atoms with van der Waals surface area (Å²) in [5, 5.41) is 7.59. The molecule has 0 aliphatic carbocycles. The molecule has 1 amide bonds. The summed E-state index contributed by atoms with van der Waals surface area (Å²) in [6.45, 7) is 4.17. The molecule has 2 heterocycles. The zero-order valence-corrected chi connectivity index (χ0v) is 14.4. The van der Waals surface area contributed by atoms with E-state index < -0.39 is 0 Å². The van der Waals surface area contributed by atoms with E-state index in [4.69, 9.17) is 0 Å². The summed E-state index contributed by atoms with van der Waals surface area (Å²) in [6.07, 6.45) is 0. The zero-order chi connectivity index (χ0) is 17.9. The fourth-order valence-electron chi connectivity index (χ4n) is 3.51. The predicted molar refractivity (Wildman–Crippen MR) is 99.1 cm³/mol. The third-order valence-corrected chi connectivity index (χ3v) is 4.95. The molecule has 1 aromatic heterocycles. The predicted octanol–water partition coefficient (Wildman–Crippen LogP) is 0.464. The first-order valence-electron chi connectivity index (χ1n) is 8.86. The maximum absolute atomic E-state index is 12.9. The Labute approximate surface area is 151 Å². The van der Waals surface area contributed by atoms with Crippen molar-refractivity contribution in [1.82, 2.24) is 15.1 Å². The minimum atomic E-state index is -0.269. The Morgan fingerprint density at radius 2 is 1.65 bits per heavy atom. The Balaban J connectivity index is 1.47. The topological polar surface area (TPSA) is 70.5 Å². The molecule has 6 heteroatoms. The summed E-state index contributed by atoms with van der Waals surface area (Å²) in [5.74, 6) is -0.115. The van der Waals surface area contributed by atoms with Crippen molar-refractivity contribution < 1.29 is 9.69 Å². The highest BCUT2D eigenvalue weighted by Gasteiger charge is 2.26. The lowest BCUT2D eigenvalue weighted by atomic mass is 10.1. The normalized spacial score (nSPS) is 15.3. The molecule has 2 aromatic carbocycles. The summed E-state index contributed by atoms with van der Waals surface area (Å²) >= 11 is 0. The minimum Gasteiger partial charge on any atom is -0.328 e. The highest BCUT2D eigenvalue weighted by Crippen LogP contribution is 2.14. The van der Waals surface area contributed by atoms with E-state index in [0.29, 0.717) is 29.6 Å². The number of piperazine rings is 1. The van der Waals surface area contributed by atoms with Crippen LogP contribution >= 0.6 is 0 Å². The van der Waals surface area contributed by atoms with Crippen molar-refractivity contribution in [3.8, 4) is 0 Å². The van der Waals surface area contributed by atoms with Crippen molar-refractivity contribution in [1.29, 1.82) is 0 Å². The number of nitrogens with zero attached hydrogens (tertiary/aromatic N) is 2. The number of H-pyrrole nitrogens is 1. The summed E-state index contributed by atoms with van der Waals surface area (Å²) in [7, 11) is 0. The molecule has 6 nitrogen and oxygen atoms in total. The summed E-state index contributed by atoms with van der Waals surface area (Å²) in [4.78, 5) is 28.1. The molecule has 0 radical (unpaired) electrons. The van der Waals surface area contributed by atoms with Crippen LogP contribution in [-0.4, -0.2) is 47.2 Å². The fourth-order valence-corrected chi connectivity index (χ4v) is 3.51. The van der Waals surface area contributed by atoms with E-state index >= 15 is 0 Å². The third kappa shape index (κ3) is 3.23. The average molecular weight is 349 g/mol. The van der Waals surface area contributed by atoms with Gasteiger partial charge in [-0.3, -0.25) is 9.59 Å². The Hall–Kier alpha value is -2.99. The first kappa shape index (κ1) is 16.5. The minimum absolute atomic E-state index is 0.115. The van der Waals surface area contributed by atoms with E-state index in [1.54, 1.807) is 18.2 Å². The number of quaternary nitrogens is 1. The van der Waals surface area contributed by atoms with Crippen molar-refractivity contribution >= 4 is 16.7 Å². The highest BCUT2D eigenvalue weighted by molar-refractivity contribution is 6.04. The molecule has 1 aliphatic heterocycles. The number of nitrogens with one attached hydrogen (secondary N) is 2. The van der Waals surface area contributed by atoms with Gasteiger partial charge in [0.15, 0.2) is 5.69 Å². The molecule has 3 aromatic rings. The Morgan fingerprint density at radius 3 is 2.38 bits per heavy atom. The number of hydrogen-bond acceptors (Lipinski definition) is 3. The molecule has 0 bridgehead atoms. The number of carbonyl (C=O) groups is 1. The van der Waals surface area contributed by atoms with Crippen molar-refractivity contribution in [3.05, 3.63) is 76.2 Å². The van der Waals surface area contributed by atoms with Crippen LogP contribution in [-0.2, 0) is 6.54 Å². The molecule has 132 valence electrons. The summed E-state index contributed by atoms with van der Waals surface area (Å²) < 4.78 is 0. The molecule has 0 spiro atoms. The maximum Gasteiger partial charge on any atom is 0.275 e. The molecule has 0 unspecified atom stereocenters. The number of aromatic amines is 1. The van der Waals surface area contributed by atoms with E-state index in [1.807, 2.05) is 17.0 Å². The lowest BCUT2D eigenvalue weighted by molar-refractivity contribution is -0.917. The molecule has 4 rings (SSSR count). The van der Waals surface area contributed by atoms with Crippen molar-refractivity contribution in [2.75, 3.05) is 26.2 Å². The van der Waals surface area contributed by atoms with Crippen LogP contribution < -0.4 is 10.5 Å². The van der Waals surface area contributed by atoms with Crippen LogP contribution in [0.15, 0.2) is 59.4 Å². The first-order chi connectivity index (χ1) is 12.7. The van der Waals surface area contributed by atoms with Crippen molar-refractivity contribution in [2.45, 2.75) is 6.54 Å². The van der Waals surface area contributed by atoms with Crippen LogP contribution in [0.1, 0.15) is 16.1 Å². The second-order valence-corrected chi connectivity index (χ2v) is 6.65. The van der Waals surface area contributed by atoms with Gasteiger partial charge in [-0.05, 0) is 6.07 Å². The Morgan fingerprint density at radius 1 is 1.00 bits per heavy atom. The van der Waals surface area contributed by atoms with Gasteiger partial charge < -0.3 is 9.80 Å². The Kier molecular flexibility index (Phi) is 4.50. The molecule has 2 N–H and O–H groups in total. The second-order valence-electron chi connectivity index (χ2n) is 6.65. The first-order valence-corrected chi connectivity index (χ1v) is 8.86. The number of benzene rings is 2. The maximum atomic E-state index is 12.9. The van der Waals surface area contributed by atoms with E-state index in [2.05, 4.69) is 34.5 Å². The SMILES string of the molecule is O=C(c1n[nH]c(=O)c2ccccc12)N1CC[NH+](Cc2ccccc2)CC1. The van der Waals surface area contributed by atoms with Crippen LogP contribution in [0.25, 0.3) is 10.8 Å². The third-order valence-electron chi connectivity index (χ3n) is 4.95. The number of rotatable bonds is 3. The van der Waals surface area contributed by atoms with E-state index in [0.717, 1.165) is 19.6 Å². The van der Waals surface area contributed by atoms with Gasteiger partial charge in [-0.1, -0.05) is 48.5 Å². The molecular formula is C20H21N4O2+. The van der Waals surface area contributed by atoms with Gasteiger partial charge in [-0.2, -0.15) is 5.10 Å². The number of aromatic nitrogens is 2. The number of amides is 1. The molecular weight excluding hydrogens is 328 g/mol. The molecule has 0 atom stereocenters. The number of hydrogen-bond donors (Lipinski definition) is 2. The van der Waals surface area contributed by atoms with Gasteiger partial charge in [-0.25, -0.2) is 5.10 Å². The van der Waals surface area contributed by atoms with Gasteiger partial charge in [0.05, 0.1) is 31.6 Å². The summed E-state index contributed by atoms with van der Waals surface area (Å²) in [6, 6.07) is 17.5. The quantitative estimate of drug-likeness (QED) is 0.722. The fraction of sp³-hybridized carbons (Fsp3) is 0.250. The van der Waals surface area contributed by atoms with Crippen molar-refractivity contribution in [2.24, 2.45) is 0 Å². The van der Waals surface area contributed by atoms with E-state index in [1.165, 1.54) is 10.5 Å². The van der Waals surface area contributed by atoms with Crippen LogP contribution in [0.3, 0.4) is 0 Å². The lowest BCUT2D eigenvalue weighted by Gasteiger charge is -2.32. The molecule has 0 saturated carbocycles. The van der Waals surface area contributed by atoms with Gasteiger partial charge in [0, 0.05) is 10.9 Å². The molecule has 1 fully saturated rings. The van der Waals surface area contributed by atoms with E-state index in [9.17, 15) is 9.59 Å². The number of carbonyl (C=O) groups excluding carboxylic acids is 1. The summed E-state index contributed by atoms with van der Waals surface area (Å²) in [5.41, 5.74) is 1.37. The highest BCUT2D eigenvalue weighted by atomic mass is 16.2. The Bertz CT molecular complexity index is 976. The average Bonchev–Trinajstić information content (AvgIpc) is 2.69. The van der Waals surface area contributed by atoms with Gasteiger partial charge in [0.2, 0.25) is 0 Å². The van der Waals surface area contributed by atoms with Gasteiger partial charge in [0.25, 0.3) is 11.5 Å². The molecule has 1 saturated heterocycles. The van der Waals surface area contributed by atoms with E-state index in [-0.39, 0.29) is 11.5 Å². The van der Waals surface area contributed by atoms with Gasteiger partial charge in [-0.15, -0.1) is 0 Å². The van der Waals surface area contributed by atoms with Crippen molar-refractivity contribution in [3.63, 3.8) is 0 Å². The zero-order valence-electron chi connectivity index (χ0n) is 14.4. The van der Waals surface area contributed by atoms with Crippen LogP contribution in [0.2, 0.25) is 0 Å². The number of fused-ring (bicyclic) bond motifs is 1. The van der Waals surface area contributed by atoms with Gasteiger partial charge >= 0.3 is 0 Å². The lowest BCUT2D eigenvalue weighted by Crippen LogP contribution is -3.13. The van der Waals surface area contributed by atoms with Crippen LogP contribution in [0.4, 0.5) is 0 Å². The molecule has 26 heavy (non-hydrogen) atoms. The second kappa shape index (κ2) is 7.09. The molecule has 1 aliphatic rings. The smallest absolute Gasteiger partial charge is 0.275 e.